The van der Waals surface area contributed by atoms with Crippen LogP contribution in [0.4, 0.5) is 0 Å². The predicted molar refractivity (Wildman–Crippen MR) is 79.5 cm³/mol. The smallest absolute Gasteiger partial charge is 0.238 e. The van der Waals surface area contributed by atoms with Crippen LogP contribution in [0.25, 0.3) is 0 Å². The van der Waals surface area contributed by atoms with Crippen molar-refractivity contribution in [2.24, 2.45) is 0 Å². The molecule has 0 fully saturated rings. The van der Waals surface area contributed by atoms with Gasteiger partial charge in [-0.2, -0.15) is 0 Å². The molecule has 1 heterocycles. The fourth-order valence-corrected chi connectivity index (χ4v) is 2.20. The number of rotatable bonds is 7. The van der Waals surface area contributed by atoms with Gasteiger partial charge in [-0.05, 0) is 17.7 Å². The summed E-state index contributed by atoms with van der Waals surface area (Å²) in [4.78, 5) is 3.89. The molecule has 0 aliphatic heterocycles. The number of halogens is 1. The average Bonchev–Trinajstić information content (AvgIpc) is 2.90. The number of aliphatic hydroxyl groups excluding tert-OH is 1. The first-order valence-corrected chi connectivity index (χ1v) is 8.21. The Balaban J connectivity index is 1.75. The van der Waals surface area contributed by atoms with Gasteiger partial charge >= 0.3 is 0 Å². The third kappa shape index (κ3) is 5.20. The molecule has 0 amide bonds. The Morgan fingerprint density at radius 2 is 2.14 bits per heavy atom. The second-order valence-electron chi connectivity index (χ2n) is 4.50. The predicted octanol–water partition coefficient (Wildman–Crippen LogP) is 1.25. The monoisotopic (exact) mass is 329 g/mol. The van der Waals surface area contributed by atoms with Crippen LogP contribution in [0, 0.1) is 0 Å². The third-order valence-electron chi connectivity index (χ3n) is 2.66. The van der Waals surface area contributed by atoms with Gasteiger partial charge in [0.25, 0.3) is 0 Å². The van der Waals surface area contributed by atoms with Crippen molar-refractivity contribution in [1.29, 1.82) is 0 Å². The van der Waals surface area contributed by atoms with E-state index >= 15 is 0 Å². The van der Waals surface area contributed by atoms with Crippen LogP contribution in [-0.2, 0) is 28.7 Å². The number of benzene rings is 1. The molecule has 2 unspecified atom stereocenters. The summed E-state index contributed by atoms with van der Waals surface area (Å²) in [5.41, 5.74) is 0.982. The van der Waals surface area contributed by atoms with Crippen molar-refractivity contribution in [1.82, 2.24) is 14.8 Å². The molecule has 0 aliphatic rings. The van der Waals surface area contributed by atoms with E-state index in [0.29, 0.717) is 11.6 Å². The number of hydrogen-bond donors (Lipinski definition) is 1. The molecule has 1 N–H and O–H groups in total. The van der Waals surface area contributed by atoms with E-state index in [4.69, 9.17) is 16.3 Å². The SMILES string of the molecule is CS(=O)c1ncn(CC(O)COCc2ccc(Cl)cc2)n1. The maximum atomic E-state index is 11.2. The molecular weight excluding hydrogens is 314 g/mol. The molecule has 2 aromatic rings. The Morgan fingerprint density at radius 1 is 1.43 bits per heavy atom. The van der Waals surface area contributed by atoms with Gasteiger partial charge in [0.2, 0.25) is 5.16 Å². The number of aliphatic hydroxyl groups is 1. The molecule has 2 rings (SSSR count). The van der Waals surface area contributed by atoms with Crippen LogP contribution in [0.1, 0.15) is 5.56 Å². The highest BCUT2D eigenvalue weighted by atomic mass is 35.5. The zero-order chi connectivity index (χ0) is 15.2. The minimum atomic E-state index is -1.22. The molecule has 114 valence electrons. The number of aromatic nitrogens is 3. The topological polar surface area (TPSA) is 77.2 Å². The average molecular weight is 330 g/mol. The Hall–Kier alpha value is -1.28. The zero-order valence-electron chi connectivity index (χ0n) is 11.5. The lowest BCUT2D eigenvalue weighted by molar-refractivity contribution is 0.0185. The van der Waals surface area contributed by atoms with E-state index in [1.54, 1.807) is 12.1 Å². The Morgan fingerprint density at radius 3 is 2.76 bits per heavy atom. The van der Waals surface area contributed by atoms with Gasteiger partial charge in [0.15, 0.2) is 0 Å². The van der Waals surface area contributed by atoms with E-state index in [0.717, 1.165) is 5.56 Å². The van der Waals surface area contributed by atoms with E-state index in [-0.39, 0.29) is 18.3 Å². The van der Waals surface area contributed by atoms with Gasteiger partial charge in [-0.15, -0.1) is 5.10 Å². The van der Waals surface area contributed by atoms with Crippen LogP contribution >= 0.6 is 11.6 Å². The van der Waals surface area contributed by atoms with Crippen molar-refractivity contribution in [3.63, 3.8) is 0 Å². The first kappa shape index (κ1) is 16.1. The Labute approximate surface area is 130 Å². The highest BCUT2D eigenvalue weighted by molar-refractivity contribution is 7.84. The van der Waals surface area contributed by atoms with Crippen LogP contribution in [0.15, 0.2) is 35.7 Å². The van der Waals surface area contributed by atoms with Crippen LogP contribution < -0.4 is 0 Å². The fraction of sp³-hybridized carbons (Fsp3) is 0.385. The first-order valence-electron chi connectivity index (χ1n) is 6.27. The summed E-state index contributed by atoms with van der Waals surface area (Å²) in [5, 5.41) is 14.8. The molecule has 0 saturated carbocycles. The number of hydrogen-bond acceptors (Lipinski definition) is 5. The lowest BCUT2D eigenvalue weighted by Gasteiger charge is -2.11. The Kier molecular flexibility index (Phi) is 5.86. The summed E-state index contributed by atoms with van der Waals surface area (Å²) in [6, 6.07) is 7.32. The summed E-state index contributed by atoms with van der Waals surface area (Å²) in [6.45, 7) is 0.813. The minimum Gasteiger partial charge on any atom is -0.389 e. The maximum Gasteiger partial charge on any atom is 0.238 e. The summed E-state index contributed by atoms with van der Waals surface area (Å²) >= 11 is 5.79. The van der Waals surface area contributed by atoms with Crippen LogP contribution in [0.3, 0.4) is 0 Å². The first-order chi connectivity index (χ1) is 10.0. The largest absolute Gasteiger partial charge is 0.389 e. The maximum absolute atomic E-state index is 11.2. The van der Waals surface area contributed by atoms with Crippen LogP contribution in [0.5, 0.6) is 0 Å². The lowest BCUT2D eigenvalue weighted by atomic mass is 10.2. The molecule has 0 aliphatic carbocycles. The van der Waals surface area contributed by atoms with E-state index < -0.39 is 16.9 Å². The summed E-state index contributed by atoms with van der Waals surface area (Å²) in [7, 11) is -1.22. The molecule has 0 bridgehead atoms. The number of nitrogens with zero attached hydrogens (tertiary/aromatic N) is 3. The fourth-order valence-electron chi connectivity index (χ4n) is 1.66. The van der Waals surface area contributed by atoms with Gasteiger partial charge in [0.1, 0.15) is 6.33 Å². The molecule has 0 radical (unpaired) electrons. The molecule has 2 atom stereocenters. The lowest BCUT2D eigenvalue weighted by Crippen LogP contribution is -2.22. The minimum absolute atomic E-state index is 0.174. The zero-order valence-corrected chi connectivity index (χ0v) is 13.0. The van der Waals surface area contributed by atoms with Crippen molar-refractivity contribution in [3.05, 3.63) is 41.2 Å². The highest BCUT2D eigenvalue weighted by Gasteiger charge is 2.09. The molecule has 1 aromatic heterocycles. The third-order valence-corrected chi connectivity index (χ3v) is 3.62. The summed E-state index contributed by atoms with van der Waals surface area (Å²) < 4.78 is 18.1. The second-order valence-corrected chi connectivity index (χ2v) is 6.21. The molecule has 1 aromatic carbocycles. The van der Waals surface area contributed by atoms with Gasteiger partial charge < -0.3 is 9.84 Å². The van der Waals surface area contributed by atoms with Crippen LogP contribution in [-0.4, -0.2) is 43.0 Å². The van der Waals surface area contributed by atoms with Crippen molar-refractivity contribution in [3.8, 4) is 0 Å². The quantitative estimate of drug-likeness (QED) is 0.827. The normalized spacial score (nSPS) is 14.0. The molecule has 21 heavy (non-hydrogen) atoms. The van der Waals surface area contributed by atoms with Crippen molar-refractivity contribution in [2.45, 2.75) is 24.4 Å². The highest BCUT2D eigenvalue weighted by Crippen LogP contribution is 2.10. The number of ether oxygens (including phenoxy) is 1. The Bertz CT molecular complexity index is 603. The van der Waals surface area contributed by atoms with Crippen LogP contribution in [0.2, 0.25) is 5.02 Å². The molecule has 8 heteroatoms. The van der Waals surface area contributed by atoms with E-state index in [1.807, 2.05) is 12.1 Å². The second kappa shape index (κ2) is 7.65. The van der Waals surface area contributed by atoms with Crippen molar-refractivity contribution < 1.29 is 14.1 Å². The van der Waals surface area contributed by atoms with Crippen molar-refractivity contribution in [2.75, 3.05) is 12.9 Å². The van der Waals surface area contributed by atoms with Gasteiger partial charge in [-0.1, -0.05) is 23.7 Å². The van der Waals surface area contributed by atoms with Crippen molar-refractivity contribution >= 4 is 22.4 Å². The summed E-state index contributed by atoms with van der Waals surface area (Å²) in [5.74, 6) is 0. The van der Waals surface area contributed by atoms with E-state index in [1.165, 1.54) is 17.3 Å². The van der Waals surface area contributed by atoms with E-state index in [2.05, 4.69) is 10.1 Å². The van der Waals surface area contributed by atoms with Gasteiger partial charge in [-0.3, -0.25) is 4.21 Å². The molecular formula is C13H16ClN3O3S. The molecule has 6 nitrogen and oxygen atoms in total. The standard InChI is InChI=1S/C13H16ClN3O3S/c1-21(19)13-15-9-17(16-13)6-12(18)8-20-7-10-2-4-11(14)5-3-10/h2-5,9,12,18H,6-8H2,1H3. The van der Waals surface area contributed by atoms with Gasteiger partial charge in [0.05, 0.1) is 36.7 Å². The van der Waals surface area contributed by atoms with Gasteiger partial charge in [-0.25, -0.2) is 9.67 Å². The van der Waals surface area contributed by atoms with E-state index in [9.17, 15) is 9.32 Å². The molecule has 0 saturated heterocycles. The summed E-state index contributed by atoms with van der Waals surface area (Å²) in [6.07, 6.45) is 2.24. The molecule has 0 spiro atoms. The van der Waals surface area contributed by atoms with Gasteiger partial charge in [0, 0.05) is 11.3 Å².